The molecule has 2 aliphatic rings. The van der Waals surface area contributed by atoms with Crippen molar-refractivity contribution in [3.63, 3.8) is 0 Å². The third-order valence-electron chi connectivity index (χ3n) is 8.32. The van der Waals surface area contributed by atoms with Gasteiger partial charge in [-0.3, -0.25) is 0 Å². The molecule has 8 nitrogen and oxygen atoms in total. The molecule has 2 aromatic heterocycles. The summed E-state index contributed by atoms with van der Waals surface area (Å²) >= 11 is 0. The summed E-state index contributed by atoms with van der Waals surface area (Å²) < 4.78 is 25.2. The van der Waals surface area contributed by atoms with E-state index in [1.54, 1.807) is 4.68 Å². The van der Waals surface area contributed by atoms with E-state index in [0.717, 1.165) is 69.0 Å². The maximum atomic E-state index is 15.3. The lowest BCUT2D eigenvalue weighted by Crippen LogP contribution is -2.29. The molecule has 200 valence electrons. The van der Waals surface area contributed by atoms with Crippen molar-refractivity contribution >= 4 is 0 Å². The molecule has 5 rings (SSSR count). The Labute approximate surface area is 219 Å². The summed E-state index contributed by atoms with van der Waals surface area (Å²) in [6.45, 7) is 8.34. The van der Waals surface area contributed by atoms with E-state index in [1.165, 1.54) is 5.56 Å². The van der Waals surface area contributed by atoms with Crippen molar-refractivity contribution in [1.82, 2.24) is 34.7 Å². The smallest absolute Gasteiger partial charge is 0.235 e. The zero-order valence-electron chi connectivity index (χ0n) is 22.8. The van der Waals surface area contributed by atoms with Crippen LogP contribution < -0.4 is 4.74 Å². The van der Waals surface area contributed by atoms with E-state index in [0.29, 0.717) is 17.5 Å². The first-order valence-corrected chi connectivity index (χ1v) is 13.8. The number of halogens is 1. The monoisotopic (exact) mass is 509 g/mol. The van der Waals surface area contributed by atoms with Crippen molar-refractivity contribution in [3.8, 4) is 5.75 Å². The molecule has 1 saturated carbocycles. The normalized spacial score (nSPS) is 22.5. The number of aromatic nitrogens is 6. The van der Waals surface area contributed by atoms with Crippen molar-refractivity contribution in [3.05, 3.63) is 53.1 Å². The van der Waals surface area contributed by atoms with Crippen molar-refractivity contribution in [2.45, 2.75) is 89.2 Å². The Kier molecular flexibility index (Phi) is 7.60. The van der Waals surface area contributed by atoms with Gasteiger partial charge >= 0.3 is 0 Å². The lowest BCUT2D eigenvalue weighted by molar-refractivity contribution is 0.211. The summed E-state index contributed by atoms with van der Waals surface area (Å²) in [6.07, 6.45) is 5.22. The molecule has 1 atom stereocenters. The van der Waals surface area contributed by atoms with Gasteiger partial charge in [-0.15, -0.1) is 15.3 Å². The van der Waals surface area contributed by atoms with E-state index < -0.39 is 0 Å². The summed E-state index contributed by atoms with van der Waals surface area (Å²) in [5.74, 6) is 3.32. The number of benzene rings is 1. The highest BCUT2D eigenvalue weighted by Crippen LogP contribution is 2.39. The molecule has 37 heavy (non-hydrogen) atoms. The average Bonchev–Trinajstić information content (AvgIpc) is 3.47. The molecular weight excluding hydrogens is 469 g/mol. The SMILES string of the molecule is CC(C)c1cccc(O[C@H](C)c2nnc(C3CCC(n4nnc(C5CCN(C)CC5)c4F)CC3)n2C)c1. The molecule has 0 amide bonds. The molecule has 0 bridgehead atoms. The second-order valence-electron chi connectivity index (χ2n) is 11.3. The van der Waals surface area contributed by atoms with Gasteiger partial charge in [0.05, 0.1) is 6.04 Å². The van der Waals surface area contributed by atoms with Gasteiger partial charge in [0.15, 0.2) is 11.9 Å². The van der Waals surface area contributed by atoms with Gasteiger partial charge in [0.25, 0.3) is 0 Å². The van der Waals surface area contributed by atoms with E-state index in [4.69, 9.17) is 4.74 Å². The van der Waals surface area contributed by atoms with Gasteiger partial charge in [-0.05, 0) is 89.2 Å². The molecule has 2 fully saturated rings. The molecular formula is C28H40FN7O. The predicted octanol–water partition coefficient (Wildman–Crippen LogP) is 5.52. The van der Waals surface area contributed by atoms with E-state index in [9.17, 15) is 0 Å². The Morgan fingerprint density at radius 1 is 0.919 bits per heavy atom. The van der Waals surface area contributed by atoms with Gasteiger partial charge in [0.2, 0.25) is 5.95 Å². The fraction of sp³-hybridized carbons (Fsp3) is 0.643. The van der Waals surface area contributed by atoms with Crippen molar-refractivity contribution in [1.29, 1.82) is 0 Å². The summed E-state index contributed by atoms with van der Waals surface area (Å²) in [5, 5.41) is 17.6. The first-order valence-electron chi connectivity index (χ1n) is 13.8. The van der Waals surface area contributed by atoms with Crippen molar-refractivity contribution in [2.75, 3.05) is 20.1 Å². The maximum Gasteiger partial charge on any atom is 0.235 e. The molecule has 0 unspecified atom stereocenters. The Hall–Kier alpha value is -2.81. The number of ether oxygens (including phenoxy) is 1. The second kappa shape index (κ2) is 10.9. The van der Waals surface area contributed by atoms with Gasteiger partial charge in [0.1, 0.15) is 17.3 Å². The second-order valence-corrected chi connectivity index (χ2v) is 11.3. The molecule has 0 N–H and O–H groups in total. The fourth-order valence-corrected chi connectivity index (χ4v) is 5.91. The number of rotatable bonds is 7. The largest absolute Gasteiger partial charge is 0.483 e. The first kappa shape index (κ1) is 25.8. The van der Waals surface area contributed by atoms with Gasteiger partial charge in [-0.1, -0.05) is 31.2 Å². The van der Waals surface area contributed by atoms with Crippen LogP contribution in [0.25, 0.3) is 0 Å². The summed E-state index contributed by atoms with van der Waals surface area (Å²) in [5.41, 5.74) is 1.81. The molecule has 3 heterocycles. The Morgan fingerprint density at radius 2 is 1.65 bits per heavy atom. The Bertz CT molecular complexity index is 1190. The molecule has 3 aromatic rings. The van der Waals surface area contributed by atoms with E-state index in [2.05, 4.69) is 63.0 Å². The minimum absolute atomic E-state index is 0.0481. The maximum absolute atomic E-state index is 15.3. The topological polar surface area (TPSA) is 73.9 Å². The Morgan fingerprint density at radius 3 is 2.35 bits per heavy atom. The molecule has 0 spiro atoms. The number of hydrogen-bond acceptors (Lipinski definition) is 6. The molecule has 1 aromatic carbocycles. The highest BCUT2D eigenvalue weighted by atomic mass is 19.1. The number of piperidine rings is 1. The van der Waals surface area contributed by atoms with Crippen LogP contribution in [0.4, 0.5) is 4.39 Å². The molecule has 1 aliphatic heterocycles. The third kappa shape index (κ3) is 5.42. The number of hydrogen-bond donors (Lipinski definition) is 0. The standard InChI is InChI=1S/C28H40FN7O/c1-18(2)22-7-6-8-24(17-22)37-19(3)27-31-32-28(35(27)5)21-9-11-23(12-10-21)36-26(29)25(30-33-36)20-13-15-34(4)16-14-20/h6-8,17-21,23H,9-16H2,1-5H3/t19-,21?,23?/m1/s1. The van der Waals surface area contributed by atoms with Gasteiger partial charge in [-0.25, -0.2) is 4.68 Å². The van der Waals surface area contributed by atoms with E-state index in [1.807, 2.05) is 26.1 Å². The van der Waals surface area contributed by atoms with E-state index >= 15 is 4.39 Å². The van der Waals surface area contributed by atoms with Crippen LogP contribution in [-0.2, 0) is 7.05 Å². The van der Waals surface area contributed by atoms with Crippen LogP contribution in [0, 0.1) is 5.95 Å². The van der Waals surface area contributed by atoms with E-state index in [-0.39, 0.29) is 24.0 Å². The van der Waals surface area contributed by atoms with Crippen LogP contribution >= 0.6 is 0 Å². The van der Waals surface area contributed by atoms with Crippen LogP contribution in [0.5, 0.6) is 5.75 Å². The number of likely N-dealkylation sites (tertiary alicyclic amines) is 1. The highest BCUT2D eigenvalue weighted by molar-refractivity contribution is 5.30. The third-order valence-corrected chi connectivity index (χ3v) is 8.32. The zero-order valence-corrected chi connectivity index (χ0v) is 22.8. The number of nitrogens with zero attached hydrogens (tertiary/aromatic N) is 7. The van der Waals surface area contributed by atoms with Crippen LogP contribution in [0.15, 0.2) is 24.3 Å². The molecule has 9 heteroatoms. The van der Waals surface area contributed by atoms with Gasteiger partial charge in [-0.2, -0.15) is 4.39 Å². The predicted molar refractivity (Wildman–Crippen MR) is 140 cm³/mol. The van der Waals surface area contributed by atoms with Crippen LogP contribution in [-0.4, -0.2) is 54.8 Å². The average molecular weight is 510 g/mol. The first-order chi connectivity index (χ1) is 17.8. The molecule has 1 aliphatic carbocycles. The van der Waals surface area contributed by atoms with Crippen LogP contribution in [0.2, 0.25) is 0 Å². The van der Waals surface area contributed by atoms with Crippen molar-refractivity contribution in [2.24, 2.45) is 7.05 Å². The summed E-state index contributed by atoms with van der Waals surface area (Å²) in [4.78, 5) is 2.29. The highest BCUT2D eigenvalue weighted by Gasteiger charge is 2.32. The van der Waals surface area contributed by atoms with Crippen molar-refractivity contribution < 1.29 is 9.13 Å². The van der Waals surface area contributed by atoms with Crippen LogP contribution in [0.1, 0.15) is 112 Å². The van der Waals surface area contributed by atoms with Crippen LogP contribution in [0.3, 0.4) is 0 Å². The molecule has 1 saturated heterocycles. The lowest BCUT2D eigenvalue weighted by atomic mass is 9.85. The lowest BCUT2D eigenvalue weighted by Gasteiger charge is -2.29. The summed E-state index contributed by atoms with van der Waals surface area (Å²) in [6, 6.07) is 8.29. The quantitative estimate of drug-likeness (QED) is 0.418. The minimum Gasteiger partial charge on any atom is -0.483 e. The van der Waals surface area contributed by atoms with Gasteiger partial charge < -0.3 is 14.2 Å². The Balaban J connectivity index is 1.21. The summed E-state index contributed by atoms with van der Waals surface area (Å²) in [7, 11) is 4.13. The molecule has 0 radical (unpaired) electrons. The zero-order chi connectivity index (χ0) is 26.1. The van der Waals surface area contributed by atoms with Gasteiger partial charge in [0, 0.05) is 18.9 Å². The fourth-order valence-electron chi connectivity index (χ4n) is 5.91. The minimum atomic E-state index is -0.230.